The van der Waals surface area contributed by atoms with E-state index in [1.54, 1.807) is 0 Å². The summed E-state index contributed by atoms with van der Waals surface area (Å²) in [4.78, 5) is 11.5. The Balaban J connectivity index is 1.86. The van der Waals surface area contributed by atoms with Crippen LogP contribution in [0.3, 0.4) is 0 Å². The van der Waals surface area contributed by atoms with Gasteiger partial charge in [0.1, 0.15) is 18.8 Å². The predicted molar refractivity (Wildman–Crippen MR) is 392 cm³/mol. The van der Waals surface area contributed by atoms with Gasteiger partial charge < -0.3 is 28.8 Å². The van der Waals surface area contributed by atoms with Gasteiger partial charge in [0.2, 0.25) is 0 Å². The van der Waals surface area contributed by atoms with Crippen molar-refractivity contribution in [2.45, 2.75) is 416 Å². The molecule has 0 aromatic carbocycles. The number of hydrogen-bond acceptors (Lipinski definition) is 7. The Kier molecular flexibility index (Phi) is 62.3. The summed E-state index contributed by atoms with van der Waals surface area (Å²) < 4.78 is 29.5. The maximum absolute atomic E-state index is 11.5. The second-order valence-electron chi connectivity index (χ2n) is 32.0. The van der Waals surface area contributed by atoms with Crippen molar-refractivity contribution in [3.05, 3.63) is 0 Å². The van der Waals surface area contributed by atoms with Crippen molar-refractivity contribution in [1.29, 1.82) is 0 Å². The summed E-state index contributed by atoms with van der Waals surface area (Å²) in [6, 6.07) is 0. The molecule has 0 aliphatic heterocycles. The number of aliphatic hydroxyl groups is 1. The van der Waals surface area contributed by atoms with Crippen LogP contribution in [0, 0.1) is 59.2 Å². The van der Waals surface area contributed by atoms with Gasteiger partial charge in [-0.05, 0) is 91.3 Å². The van der Waals surface area contributed by atoms with E-state index in [2.05, 4.69) is 69.2 Å². The lowest BCUT2D eigenvalue weighted by molar-refractivity contribution is -0.147. The topological polar surface area (TPSA) is 83.5 Å². The second-order valence-corrected chi connectivity index (χ2v) is 32.0. The van der Waals surface area contributed by atoms with E-state index in [0.717, 1.165) is 92.8 Å². The molecule has 0 saturated heterocycles. The SMILES string of the molecule is CC(=O)OC[C@H](COCCCCCCCCCCCCCCC[C@H]1CC[C@@H](CCCCCCCCCCCCCCCOC[C@@H](CO)OCCC(C)CCC[C@H](C)CCC[C@H](C)CCCC(C)C)C1)OCCC(C)CCC[C@H](C)CCC[C@H](C)CCCC(C)C. The highest BCUT2D eigenvalue weighted by atomic mass is 16.6. The summed E-state index contributed by atoms with van der Waals surface area (Å²) in [7, 11) is 0. The van der Waals surface area contributed by atoms with Gasteiger partial charge in [-0.25, -0.2) is 0 Å². The lowest BCUT2D eigenvalue weighted by atomic mass is 9.91. The van der Waals surface area contributed by atoms with E-state index < -0.39 is 0 Å². The molecule has 1 aliphatic carbocycles. The number of carbonyl (C=O) groups is 1. The average Bonchev–Trinajstić information content (AvgIpc) is 4.22. The molecule has 1 saturated carbocycles. The van der Waals surface area contributed by atoms with Crippen LogP contribution in [0.4, 0.5) is 0 Å². The van der Waals surface area contributed by atoms with Crippen LogP contribution in [-0.2, 0) is 28.5 Å². The number of ether oxygens (including phenoxy) is 5. The van der Waals surface area contributed by atoms with E-state index in [4.69, 9.17) is 23.7 Å². The lowest BCUT2D eigenvalue weighted by Crippen LogP contribution is -2.28. The van der Waals surface area contributed by atoms with Gasteiger partial charge in [-0.3, -0.25) is 4.79 Å². The van der Waals surface area contributed by atoms with Gasteiger partial charge in [-0.15, -0.1) is 0 Å². The van der Waals surface area contributed by atoms with Gasteiger partial charge in [-0.2, -0.15) is 0 Å². The molecule has 1 aliphatic rings. The molecule has 7 nitrogen and oxygen atoms in total. The van der Waals surface area contributed by atoms with Gasteiger partial charge in [0, 0.05) is 33.4 Å². The second kappa shape index (κ2) is 64.3. The molecule has 0 aromatic rings. The monoisotopic (exact) mass is 1270 g/mol. The van der Waals surface area contributed by atoms with E-state index in [9.17, 15) is 9.90 Å². The summed E-state index contributed by atoms with van der Waals surface area (Å²) in [5.41, 5.74) is 0. The van der Waals surface area contributed by atoms with Crippen LogP contribution >= 0.6 is 0 Å². The normalized spacial score (nSPS) is 17.3. The fraction of sp³-hybridized carbons (Fsp3) is 0.988. The van der Waals surface area contributed by atoms with E-state index >= 15 is 0 Å². The fourth-order valence-corrected chi connectivity index (χ4v) is 14.5. The molecule has 0 spiro atoms. The Bertz CT molecular complexity index is 1450. The average molecular weight is 1270 g/mol. The zero-order valence-corrected chi connectivity index (χ0v) is 63.0. The zero-order chi connectivity index (χ0) is 65.8. The minimum Gasteiger partial charge on any atom is -0.463 e. The molecule has 2 unspecified atom stereocenters. The number of hydrogen-bond donors (Lipinski definition) is 1. The van der Waals surface area contributed by atoms with Gasteiger partial charge >= 0.3 is 5.97 Å². The summed E-state index contributed by atoms with van der Waals surface area (Å²) >= 11 is 0. The Morgan fingerprint density at radius 2 is 0.589 bits per heavy atom. The Morgan fingerprint density at radius 1 is 0.322 bits per heavy atom. The summed E-state index contributed by atoms with van der Waals surface area (Å²) in [6.45, 7) is 29.7. The van der Waals surface area contributed by atoms with Crippen LogP contribution < -0.4 is 0 Å². The lowest BCUT2D eigenvalue weighted by Gasteiger charge is -2.20. The van der Waals surface area contributed by atoms with E-state index in [0.29, 0.717) is 31.7 Å². The predicted octanol–water partition coefficient (Wildman–Crippen LogP) is 25.6. The molecular weight excluding hydrogens is 1110 g/mol. The Hall–Kier alpha value is -0.730. The molecule has 7 heteroatoms. The van der Waals surface area contributed by atoms with Crippen LogP contribution in [-0.4, -0.2) is 76.1 Å². The smallest absolute Gasteiger partial charge is 0.302 e. The molecule has 10 atom stereocenters. The van der Waals surface area contributed by atoms with Crippen molar-refractivity contribution in [3.8, 4) is 0 Å². The molecule has 1 N–H and O–H groups in total. The van der Waals surface area contributed by atoms with Crippen molar-refractivity contribution in [2.24, 2.45) is 59.2 Å². The third-order valence-corrected chi connectivity index (χ3v) is 21.2. The highest BCUT2D eigenvalue weighted by molar-refractivity contribution is 5.65. The number of carbonyl (C=O) groups excluding carboxylic acids is 1. The molecule has 538 valence electrons. The maximum Gasteiger partial charge on any atom is 0.302 e. The molecular formula is C83H164O7. The van der Waals surface area contributed by atoms with Crippen molar-refractivity contribution >= 4 is 5.97 Å². The quantitative estimate of drug-likeness (QED) is 0.0480. The first-order valence-electron chi connectivity index (χ1n) is 40.8. The third-order valence-electron chi connectivity index (χ3n) is 21.2. The van der Waals surface area contributed by atoms with Crippen molar-refractivity contribution in [3.63, 3.8) is 0 Å². The van der Waals surface area contributed by atoms with E-state index in [1.807, 2.05) is 0 Å². The first-order chi connectivity index (χ1) is 43.7. The van der Waals surface area contributed by atoms with E-state index in [-0.39, 0.29) is 31.4 Å². The number of rotatable bonds is 71. The molecule has 0 heterocycles. The van der Waals surface area contributed by atoms with Gasteiger partial charge in [0.25, 0.3) is 0 Å². The highest BCUT2D eigenvalue weighted by Gasteiger charge is 2.24. The molecule has 90 heavy (non-hydrogen) atoms. The van der Waals surface area contributed by atoms with Gasteiger partial charge in [-0.1, -0.05) is 365 Å². The van der Waals surface area contributed by atoms with Gasteiger partial charge in [0.05, 0.1) is 19.8 Å². The minimum absolute atomic E-state index is 0.0511. The minimum atomic E-state index is -0.249. The van der Waals surface area contributed by atoms with Crippen molar-refractivity contribution in [2.75, 3.05) is 52.9 Å². The third kappa shape index (κ3) is 60.9. The summed E-state index contributed by atoms with van der Waals surface area (Å²) in [6.07, 6.45) is 69.8. The van der Waals surface area contributed by atoms with Crippen molar-refractivity contribution < 1.29 is 33.6 Å². The van der Waals surface area contributed by atoms with Gasteiger partial charge in [0.15, 0.2) is 0 Å². The van der Waals surface area contributed by atoms with E-state index in [1.165, 1.54) is 309 Å². The van der Waals surface area contributed by atoms with Crippen LogP contribution in [0.5, 0.6) is 0 Å². The summed E-state index contributed by atoms with van der Waals surface area (Å²) in [5.74, 6) is 8.27. The molecule has 1 fully saturated rings. The molecule has 0 bridgehead atoms. The first-order valence-corrected chi connectivity index (χ1v) is 40.8. The van der Waals surface area contributed by atoms with Crippen LogP contribution in [0.25, 0.3) is 0 Å². The van der Waals surface area contributed by atoms with Crippen LogP contribution in [0.1, 0.15) is 404 Å². The molecule has 0 aromatic heterocycles. The highest BCUT2D eigenvalue weighted by Crippen LogP contribution is 2.37. The molecule has 0 radical (unpaired) electrons. The first kappa shape index (κ1) is 87.3. The Morgan fingerprint density at radius 3 is 0.889 bits per heavy atom. The summed E-state index contributed by atoms with van der Waals surface area (Å²) in [5, 5.41) is 9.85. The Labute approximate surface area is 564 Å². The van der Waals surface area contributed by atoms with Crippen LogP contribution in [0.15, 0.2) is 0 Å². The largest absolute Gasteiger partial charge is 0.463 e. The standard InChI is InChI=1S/C83H164O7/c1-71(2)44-38-46-73(5)48-40-50-75(7)52-42-54-77(9)60-64-88-82(67-84)68-86-62-36-32-28-24-20-16-12-14-18-22-26-30-34-56-80-58-59-81(66-80)57-35-31-27-23-19-15-13-17-21-25-29-33-37-63-87-69-83(70-90-79(11)85)89-65-61-78(10)55-43-53-76(8)51-41-49-74(6)47-39-45-72(3)4/h71-78,80-84H,12-70H2,1-11H3/t73-,74-,75-,76-,77?,78?,80-,81+,82-,83+/m1/s1. The zero-order valence-electron chi connectivity index (χ0n) is 63.0. The number of unbranched alkanes of at least 4 members (excludes halogenated alkanes) is 24. The van der Waals surface area contributed by atoms with Crippen molar-refractivity contribution in [1.82, 2.24) is 0 Å². The fourth-order valence-electron chi connectivity index (χ4n) is 14.5. The molecule has 1 rings (SSSR count). The van der Waals surface area contributed by atoms with Crippen LogP contribution in [0.2, 0.25) is 0 Å². The number of esters is 1. The maximum atomic E-state index is 11.5. The number of aliphatic hydroxyl groups excluding tert-OH is 1. The molecule has 0 amide bonds.